The van der Waals surface area contributed by atoms with E-state index in [0.29, 0.717) is 13.2 Å². The van der Waals surface area contributed by atoms with Crippen LogP contribution < -0.4 is 0 Å². The zero-order valence-electron chi connectivity index (χ0n) is 14.9. The van der Waals surface area contributed by atoms with Crippen molar-refractivity contribution in [1.82, 2.24) is 4.90 Å². The van der Waals surface area contributed by atoms with Crippen molar-refractivity contribution in [2.45, 2.75) is 38.5 Å². The number of benzene rings is 2. The molecule has 0 spiro atoms. The molecule has 0 bridgehead atoms. The van der Waals surface area contributed by atoms with Gasteiger partial charge in [0.05, 0.1) is 12.6 Å². The van der Waals surface area contributed by atoms with Gasteiger partial charge in [-0.2, -0.15) is 0 Å². The molecule has 26 heavy (non-hydrogen) atoms. The Hall–Kier alpha value is -2.59. The first-order valence-corrected chi connectivity index (χ1v) is 9.17. The molecule has 0 unspecified atom stereocenters. The number of furan rings is 1. The highest BCUT2D eigenvalue weighted by Crippen LogP contribution is 2.28. The first-order chi connectivity index (χ1) is 12.7. The Morgan fingerprint density at radius 3 is 2.65 bits per heavy atom. The predicted octanol–water partition coefficient (Wildman–Crippen LogP) is 4.70. The van der Waals surface area contributed by atoms with Crippen LogP contribution in [0.4, 0.5) is 0 Å². The fraction of sp³-hybridized carbons (Fsp3) is 0.318. The van der Waals surface area contributed by atoms with Gasteiger partial charge in [-0.15, -0.1) is 0 Å². The molecule has 2 atom stereocenters. The van der Waals surface area contributed by atoms with Gasteiger partial charge in [0.1, 0.15) is 17.4 Å². The monoisotopic (exact) mass is 349 g/mol. The molecule has 1 fully saturated rings. The summed E-state index contributed by atoms with van der Waals surface area (Å²) in [5.41, 5.74) is 1.95. The van der Waals surface area contributed by atoms with Crippen molar-refractivity contribution in [3.63, 3.8) is 0 Å². The molecule has 4 rings (SSSR count). The quantitative estimate of drug-likeness (QED) is 0.670. The largest absolute Gasteiger partial charge is 0.459 e. The molecule has 1 amide bonds. The summed E-state index contributed by atoms with van der Waals surface area (Å²) in [6.07, 6.45) is 1.39. The third-order valence-electron chi connectivity index (χ3n) is 5.04. The lowest BCUT2D eigenvalue weighted by molar-refractivity contribution is -0.144. The lowest BCUT2D eigenvalue weighted by Crippen LogP contribution is -2.40. The summed E-state index contributed by atoms with van der Waals surface area (Å²) in [4.78, 5) is 15.0. The van der Waals surface area contributed by atoms with Crippen molar-refractivity contribution in [3.8, 4) is 0 Å². The third-order valence-corrected chi connectivity index (χ3v) is 5.04. The van der Waals surface area contributed by atoms with E-state index in [1.807, 2.05) is 53.4 Å². The van der Waals surface area contributed by atoms with Gasteiger partial charge in [-0.05, 0) is 37.5 Å². The number of para-hydroxylation sites is 1. The van der Waals surface area contributed by atoms with Crippen LogP contribution >= 0.6 is 0 Å². The van der Waals surface area contributed by atoms with E-state index >= 15 is 0 Å². The number of hydrogen-bond acceptors (Lipinski definition) is 3. The van der Waals surface area contributed by atoms with Crippen LogP contribution in [0.3, 0.4) is 0 Å². The van der Waals surface area contributed by atoms with E-state index in [9.17, 15) is 4.79 Å². The van der Waals surface area contributed by atoms with Crippen LogP contribution in [-0.2, 0) is 16.1 Å². The summed E-state index contributed by atoms with van der Waals surface area (Å²) >= 11 is 0. The zero-order chi connectivity index (χ0) is 17.9. The summed E-state index contributed by atoms with van der Waals surface area (Å²) < 4.78 is 11.6. The zero-order valence-corrected chi connectivity index (χ0v) is 14.9. The van der Waals surface area contributed by atoms with Crippen molar-refractivity contribution >= 4 is 16.9 Å². The molecule has 4 nitrogen and oxygen atoms in total. The highest BCUT2D eigenvalue weighted by Gasteiger charge is 2.32. The van der Waals surface area contributed by atoms with Crippen molar-refractivity contribution in [2.75, 3.05) is 6.61 Å². The first kappa shape index (κ1) is 16.9. The van der Waals surface area contributed by atoms with Crippen LogP contribution in [0.5, 0.6) is 0 Å². The highest BCUT2D eigenvalue weighted by molar-refractivity contribution is 5.82. The van der Waals surface area contributed by atoms with Gasteiger partial charge >= 0.3 is 0 Å². The molecule has 3 aromatic rings. The van der Waals surface area contributed by atoms with E-state index in [0.717, 1.165) is 35.1 Å². The van der Waals surface area contributed by atoms with Gasteiger partial charge in [0.25, 0.3) is 5.91 Å². The minimum Gasteiger partial charge on any atom is -0.459 e. The van der Waals surface area contributed by atoms with Crippen molar-refractivity contribution in [1.29, 1.82) is 0 Å². The Kier molecular flexibility index (Phi) is 4.76. The van der Waals surface area contributed by atoms with Crippen molar-refractivity contribution < 1.29 is 13.9 Å². The molecule has 1 saturated heterocycles. The summed E-state index contributed by atoms with van der Waals surface area (Å²) in [7, 11) is 0. The fourth-order valence-corrected chi connectivity index (χ4v) is 3.56. The van der Waals surface area contributed by atoms with E-state index in [1.165, 1.54) is 0 Å². The maximum Gasteiger partial charge on any atom is 0.252 e. The molecule has 0 radical (unpaired) electrons. The summed E-state index contributed by atoms with van der Waals surface area (Å²) in [6, 6.07) is 20.0. The minimum atomic E-state index is -0.342. The van der Waals surface area contributed by atoms with Gasteiger partial charge in [-0.3, -0.25) is 4.79 Å². The van der Waals surface area contributed by atoms with E-state index < -0.39 is 0 Å². The lowest BCUT2D eigenvalue weighted by Gasteiger charge is -2.31. The second-order valence-corrected chi connectivity index (χ2v) is 6.80. The smallest absolute Gasteiger partial charge is 0.252 e. The number of carbonyl (C=O) groups is 1. The normalized spacial score (nSPS) is 18.1. The second kappa shape index (κ2) is 7.34. The van der Waals surface area contributed by atoms with Gasteiger partial charge in [-0.25, -0.2) is 0 Å². The standard InChI is InChI=1S/C22H23NO3/c1-16(17-8-3-2-4-9-17)23(22(24)21-12-7-13-25-21)15-19-14-18-10-5-6-11-20(18)26-19/h2-6,8-11,14,16,21H,7,12-13,15H2,1H3/t16-,21-/m0/s1. The number of rotatable bonds is 5. The predicted molar refractivity (Wildman–Crippen MR) is 101 cm³/mol. The van der Waals surface area contributed by atoms with Crippen LogP contribution in [0.2, 0.25) is 0 Å². The Bertz CT molecular complexity index is 848. The SMILES string of the molecule is C[C@@H](c1ccccc1)N(Cc1cc2ccccc2o1)C(=O)[C@@H]1CCCO1. The molecule has 134 valence electrons. The van der Waals surface area contributed by atoms with Gasteiger partial charge in [0, 0.05) is 12.0 Å². The summed E-state index contributed by atoms with van der Waals surface area (Å²) in [5.74, 6) is 0.833. The summed E-state index contributed by atoms with van der Waals surface area (Å²) in [5, 5.41) is 1.05. The van der Waals surface area contributed by atoms with Crippen LogP contribution in [0.1, 0.15) is 37.1 Å². The molecule has 1 aromatic heterocycles. The van der Waals surface area contributed by atoms with Crippen LogP contribution in [0.25, 0.3) is 11.0 Å². The topological polar surface area (TPSA) is 42.7 Å². The first-order valence-electron chi connectivity index (χ1n) is 9.17. The Morgan fingerprint density at radius 2 is 1.92 bits per heavy atom. The summed E-state index contributed by atoms with van der Waals surface area (Å²) in [6.45, 7) is 3.16. The number of nitrogens with zero attached hydrogens (tertiary/aromatic N) is 1. The maximum atomic E-state index is 13.1. The van der Waals surface area contributed by atoms with E-state index in [-0.39, 0.29) is 18.1 Å². The van der Waals surface area contributed by atoms with Gasteiger partial charge in [0.15, 0.2) is 0 Å². The Labute approximate surface area is 153 Å². The molecule has 0 aliphatic carbocycles. The molecule has 0 saturated carbocycles. The Balaban J connectivity index is 1.63. The number of hydrogen-bond donors (Lipinski definition) is 0. The number of carbonyl (C=O) groups excluding carboxylic acids is 1. The van der Waals surface area contributed by atoms with Gasteiger partial charge < -0.3 is 14.1 Å². The molecule has 0 N–H and O–H groups in total. The van der Waals surface area contributed by atoms with Crippen molar-refractivity contribution in [2.24, 2.45) is 0 Å². The maximum absolute atomic E-state index is 13.1. The van der Waals surface area contributed by atoms with Crippen LogP contribution in [0.15, 0.2) is 65.1 Å². The molecule has 1 aliphatic rings. The average Bonchev–Trinajstić information content (AvgIpc) is 3.35. The van der Waals surface area contributed by atoms with E-state index in [2.05, 4.69) is 19.1 Å². The lowest BCUT2D eigenvalue weighted by atomic mass is 10.1. The number of fused-ring (bicyclic) bond motifs is 1. The third kappa shape index (κ3) is 3.37. The fourth-order valence-electron chi connectivity index (χ4n) is 3.56. The average molecular weight is 349 g/mol. The van der Waals surface area contributed by atoms with Gasteiger partial charge in [0.2, 0.25) is 0 Å². The number of amides is 1. The molecular weight excluding hydrogens is 326 g/mol. The Morgan fingerprint density at radius 1 is 1.15 bits per heavy atom. The molecular formula is C22H23NO3. The minimum absolute atomic E-state index is 0.0410. The van der Waals surface area contributed by atoms with Crippen LogP contribution in [0, 0.1) is 0 Å². The molecule has 2 aromatic carbocycles. The van der Waals surface area contributed by atoms with Gasteiger partial charge in [-0.1, -0.05) is 48.5 Å². The van der Waals surface area contributed by atoms with Crippen molar-refractivity contribution in [3.05, 3.63) is 72.0 Å². The van der Waals surface area contributed by atoms with Crippen LogP contribution in [-0.4, -0.2) is 23.5 Å². The van der Waals surface area contributed by atoms with E-state index in [1.54, 1.807) is 0 Å². The highest BCUT2D eigenvalue weighted by atomic mass is 16.5. The second-order valence-electron chi connectivity index (χ2n) is 6.80. The molecule has 4 heteroatoms. The van der Waals surface area contributed by atoms with E-state index in [4.69, 9.17) is 9.15 Å². The molecule has 2 heterocycles. The molecule has 1 aliphatic heterocycles. The number of ether oxygens (including phenoxy) is 1.